The maximum atomic E-state index is 10.9. The first-order valence-corrected chi connectivity index (χ1v) is 9.60. The molecule has 3 aromatic rings. The van der Waals surface area contributed by atoms with E-state index in [9.17, 15) is 9.90 Å². The highest BCUT2D eigenvalue weighted by molar-refractivity contribution is 7.16. The van der Waals surface area contributed by atoms with Gasteiger partial charge in [0.05, 0.1) is 19.3 Å². The molecule has 4 rings (SSSR count). The molecular formula is C19H20N4O4S. The Balaban J connectivity index is 1.71. The molecule has 0 bridgehead atoms. The van der Waals surface area contributed by atoms with Crippen LogP contribution in [-0.2, 0) is 18.6 Å². The second-order valence-corrected chi connectivity index (χ2v) is 8.02. The molecular weight excluding hydrogens is 380 g/mol. The summed E-state index contributed by atoms with van der Waals surface area (Å²) in [6.45, 7) is 2.29. The minimum atomic E-state index is -1.15. The molecule has 0 spiro atoms. The first-order valence-electron chi connectivity index (χ1n) is 8.79. The highest BCUT2D eigenvalue weighted by atomic mass is 32.1. The molecule has 1 amide bonds. The zero-order chi connectivity index (χ0) is 19.9. The number of nitrogens with zero attached hydrogens (tertiary/aromatic N) is 3. The van der Waals surface area contributed by atoms with Crippen LogP contribution in [0.3, 0.4) is 0 Å². The van der Waals surface area contributed by atoms with Crippen molar-refractivity contribution in [3.05, 3.63) is 46.6 Å². The zero-order valence-electron chi connectivity index (χ0n) is 15.5. The van der Waals surface area contributed by atoms with Gasteiger partial charge in [0.25, 0.3) is 0 Å². The maximum absolute atomic E-state index is 10.9. The maximum Gasteiger partial charge on any atom is 0.410 e. The Morgan fingerprint density at radius 2 is 2.14 bits per heavy atom. The van der Waals surface area contributed by atoms with E-state index >= 15 is 0 Å². The summed E-state index contributed by atoms with van der Waals surface area (Å²) < 4.78 is 6.96. The second-order valence-electron chi connectivity index (χ2n) is 6.93. The Labute approximate surface area is 165 Å². The van der Waals surface area contributed by atoms with E-state index in [2.05, 4.69) is 15.4 Å². The number of hydrogen-bond acceptors (Lipinski definition) is 6. The Bertz CT molecular complexity index is 1020. The number of carboxylic acid groups (broad SMARTS) is 1. The molecule has 0 radical (unpaired) electrons. The number of aromatic nitrogens is 3. The van der Waals surface area contributed by atoms with E-state index < -0.39 is 11.7 Å². The van der Waals surface area contributed by atoms with E-state index in [1.54, 1.807) is 18.7 Å². The van der Waals surface area contributed by atoms with Gasteiger partial charge in [-0.05, 0) is 37.5 Å². The van der Waals surface area contributed by atoms with Gasteiger partial charge >= 0.3 is 6.09 Å². The smallest absolute Gasteiger partial charge is 0.410 e. The fourth-order valence-corrected chi connectivity index (χ4v) is 4.31. The Hall–Kier alpha value is -2.91. The van der Waals surface area contributed by atoms with Crippen molar-refractivity contribution in [1.82, 2.24) is 14.8 Å². The van der Waals surface area contributed by atoms with Crippen LogP contribution in [0.1, 0.15) is 29.5 Å². The van der Waals surface area contributed by atoms with Gasteiger partial charge in [0, 0.05) is 16.6 Å². The van der Waals surface area contributed by atoms with Crippen molar-refractivity contribution in [2.75, 3.05) is 12.4 Å². The topological polar surface area (TPSA) is 110 Å². The molecule has 28 heavy (non-hydrogen) atoms. The number of carbonyl (C=O) groups is 1. The van der Waals surface area contributed by atoms with Crippen LogP contribution in [0.2, 0.25) is 0 Å². The molecule has 1 aromatic carbocycles. The molecule has 2 heterocycles. The molecule has 1 aliphatic rings. The first kappa shape index (κ1) is 18.5. The van der Waals surface area contributed by atoms with Gasteiger partial charge in [-0.15, -0.1) is 11.3 Å². The third-order valence-corrected chi connectivity index (χ3v) is 5.81. The third-order valence-electron chi connectivity index (χ3n) is 4.78. The molecule has 0 aliphatic heterocycles. The van der Waals surface area contributed by atoms with Gasteiger partial charge < -0.3 is 14.9 Å². The molecule has 3 N–H and O–H groups in total. The summed E-state index contributed by atoms with van der Waals surface area (Å²) in [5.74, 6) is 0.786. The fraction of sp³-hybridized carbons (Fsp3) is 0.316. The molecule has 0 saturated carbocycles. The molecule has 146 valence electrons. The number of anilines is 1. The van der Waals surface area contributed by atoms with Crippen molar-refractivity contribution >= 4 is 22.6 Å². The van der Waals surface area contributed by atoms with Crippen molar-refractivity contribution in [1.29, 1.82) is 0 Å². The molecule has 9 heteroatoms. The molecule has 0 saturated heterocycles. The predicted molar refractivity (Wildman–Crippen MR) is 105 cm³/mol. The van der Waals surface area contributed by atoms with E-state index in [1.165, 1.54) is 11.3 Å². The number of nitrogens with one attached hydrogen (secondary N) is 1. The van der Waals surface area contributed by atoms with E-state index in [0.29, 0.717) is 35.9 Å². The summed E-state index contributed by atoms with van der Waals surface area (Å²) in [7, 11) is 1.63. The molecule has 1 unspecified atom stereocenters. The quantitative estimate of drug-likeness (QED) is 0.620. The van der Waals surface area contributed by atoms with Gasteiger partial charge in [-0.2, -0.15) is 5.10 Å². The number of aryl methyl sites for hydroxylation is 1. The minimum Gasteiger partial charge on any atom is -0.497 e. The lowest BCUT2D eigenvalue weighted by Gasteiger charge is -2.19. The number of aliphatic hydroxyl groups is 1. The highest BCUT2D eigenvalue weighted by Gasteiger charge is 2.35. The lowest BCUT2D eigenvalue weighted by molar-refractivity contribution is 0.0445. The average molecular weight is 400 g/mol. The minimum absolute atomic E-state index is 0.327. The normalized spacial score (nSPS) is 18.1. The van der Waals surface area contributed by atoms with Crippen LogP contribution in [0.4, 0.5) is 9.93 Å². The lowest BCUT2D eigenvalue weighted by atomic mass is 9.96. The number of rotatable bonds is 4. The van der Waals surface area contributed by atoms with Crippen LogP contribution in [0.15, 0.2) is 30.5 Å². The third kappa shape index (κ3) is 3.46. The Morgan fingerprint density at radius 1 is 1.39 bits per heavy atom. The molecule has 1 atom stereocenters. The largest absolute Gasteiger partial charge is 0.497 e. The summed E-state index contributed by atoms with van der Waals surface area (Å²) in [5, 5.41) is 27.2. The number of amides is 1. The molecule has 8 nitrogen and oxygen atoms in total. The van der Waals surface area contributed by atoms with Crippen molar-refractivity contribution < 1.29 is 19.7 Å². The van der Waals surface area contributed by atoms with Crippen LogP contribution >= 0.6 is 11.3 Å². The molecule has 1 aliphatic carbocycles. The van der Waals surface area contributed by atoms with Crippen molar-refractivity contribution in [3.63, 3.8) is 0 Å². The van der Waals surface area contributed by atoms with E-state index in [0.717, 1.165) is 21.8 Å². The zero-order valence-corrected chi connectivity index (χ0v) is 16.3. The van der Waals surface area contributed by atoms with Crippen LogP contribution in [-0.4, -0.2) is 38.2 Å². The average Bonchev–Trinajstić information content (AvgIpc) is 3.22. The van der Waals surface area contributed by atoms with E-state index in [-0.39, 0.29) is 0 Å². The van der Waals surface area contributed by atoms with Gasteiger partial charge in [-0.1, -0.05) is 12.1 Å². The van der Waals surface area contributed by atoms with Gasteiger partial charge in [-0.3, -0.25) is 10.00 Å². The Morgan fingerprint density at radius 3 is 2.82 bits per heavy atom. The van der Waals surface area contributed by atoms with Crippen LogP contribution in [0, 0.1) is 0 Å². The second kappa shape index (κ2) is 6.92. The van der Waals surface area contributed by atoms with Gasteiger partial charge in [0.2, 0.25) is 0 Å². The summed E-state index contributed by atoms with van der Waals surface area (Å²) in [6, 6.07) is 7.71. The summed E-state index contributed by atoms with van der Waals surface area (Å²) in [5.41, 5.74) is 1.95. The van der Waals surface area contributed by atoms with E-state index in [4.69, 9.17) is 9.84 Å². The number of methoxy groups -OCH3 is 1. The van der Waals surface area contributed by atoms with Crippen LogP contribution < -0.4 is 10.1 Å². The number of fused-ring (bicyclic) bond motifs is 3. The highest BCUT2D eigenvalue weighted by Crippen LogP contribution is 2.42. The number of ether oxygens (including phenoxy) is 1. The molecule has 0 fully saturated rings. The summed E-state index contributed by atoms with van der Waals surface area (Å²) >= 11 is 1.29. The van der Waals surface area contributed by atoms with Crippen molar-refractivity contribution in [2.45, 2.75) is 31.9 Å². The monoisotopic (exact) mass is 400 g/mol. The van der Waals surface area contributed by atoms with Crippen LogP contribution in [0.5, 0.6) is 5.75 Å². The summed E-state index contributed by atoms with van der Waals surface area (Å²) in [6.07, 6.45) is 1.81. The number of thiazole rings is 1. The standard InChI is InChI=1S/C19H20N4O4S/c1-19(26)8-7-14-15(20-17(28-14)21-18(24)25)13-10-23(22-16(13)19)9-11-3-5-12(27-2)6-4-11/h3-6,10,26H,7-9H2,1-2H3,(H,20,21)(H,24,25). The van der Waals surface area contributed by atoms with Crippen molar-refractivity contribution in [3.8, 4) is 17.0 Å². The van der Waals surface area contributed by atoms with Gasteiger partial charge in [-0.25, -0.2) is 9.78 Å². The first-order chi connectivity index (χ1) is 13.4. The van der Waals surface area contributed by atoms with Crippen LogP contribution in [0.25, 0.3) is 11.3 Å². The van der Waals surface area contributed by atoms with E-state index in [1.807, 2.05) is 30.5 Å². The number of hydrogen-bond donors (Lipinski definition) is 3. The summed E-state index contributed by atoms with van der Waals surface area (Å²) in [4.78, 5) is 16.3. The lowest BCUT2D eigenvalue weighted by Crippen LogP contribution is -2.22. The van der Waals surface area contributed by atoms with Gasteiger partial charge in [0.1, 0.15) is 17.0 Å². The van der Waals surface area contributed by atoms with Gasteiger partial charge in [0.15, 0.2) is 5.13 Å². The fourth-order valence-electron chi connectivity index (χ4n) is 3.34. The molecule has 2 aromatic heterocycles. The van der Waals surface area contributed by atoms with Crippen molar-refractivity contribution in [2.24, 2.45) is 0 Å². The SMILES string of the molecule is COc1ccc(Cn2cc3c(n2)C(C)(O)CCc2sc(NC(=O)O)nc2-3)cc1. The number of benzene rings is 1. The predicted octanol–water partition coefficient (Wildman–Crippen LogP) is 3.31. The Kier molecular flexibility index (Phi) is 4.56.